The van der Waals surface area contributed by atoms with Crippen LogP contribution in [0.1, 0.15) is 5.56 Å². The molecular weight excluding hydrogens is 260 g/mol. The molecular formula is C12H13F2NO4. The Labute approximate surface area is 108 Å². The average Bonchev–Trinajstić information content (AvgIpc) is 2.39. The summed E-state index contributed by atoms with van der Waals surface area (Å²) in [6.45, 7) is -0.310. The van der Waals surface area contributed by atoms with Crippen LogP contribution in [-0.4, -0.2) is 36.7 Å². The number of carbonyl (C=O) groups is 2. The molecule has 0 bridgehead atoms. The molecule has 104 valence electrons. The van der Waals surface area contributed by atoms with Gasteiger partial charge >= 0.3 is 5.97 Å². The van der Waals surface area contributed by atoms with E-state index in [1.807, 2.05) is 0 Å². The van der Waals surface area contributed by atoms with Gasteiger partial charge in [0.1, 0.15) is 0 Å². The molecule has 1 atom stereocenters. The van der Waals surface area contributed by atoms with E-state index in [9.17, 15) is 23.5 Å². The number of carbonyl (C=O) groups excluding carboxylic acids is 2. The Morgan fingerprint density at radius 3 is 2.63 bits per heavy atom. The minimum Gasteiger partial charge on any atom is -0.467 e. The lowest BCUT2D eigenvalue weighted by atomic mass is 10.1. The van der Waals surface area contributed by atoms with Crippen LogP contribution in [0.2, 0.25) is 0 Å². The van der Waals surface area contributed by atoms with Gasteiger partial charge in [0, 0.05) is 0 Å². The Balaban J connectivity index is 2.47. The standard InChI is InChI=1S/C12H13F2NO4/c1-19-12(18)10(16)6-15-11(17)5-7-2-3-8(13)9(14)4-7/h2-4,10,16H,5-6H2,1H3,(H,15,17). The monoisotopic (exact) mass is 273 g/mol. The fourth-order valence-electron chi connectivity index (χ4n) is 1.33. The van der Waals surface area contributed by atoms with E-state index in [-0.39, 0.29) is 18.5 Å². The number of halogens is 2. The summed E-state index contributed by atoms with van der Waals surface area (Å²) in [7, 11) is 1.11. The van der Waals surface area contributed by atoms with Crippen LogP contribution < -0.4 is 5.32 Å². The highest BCUT2D eigenvalue weighted by Gasteiger charge is 2.16. The number of aliphatic hydroxyl groups excluding tert-OH is 1. The summed E-state index contributed by atoms with van der Waals surface area (Å²) in [5.41, 5.74) is 0.281. The van der Waals surface area contributed by atoms with Crippen LogP contribution in [0.5, 0.6) is 0 Å². The highest BCUT2D eigenvalue weighted by molar-refractivity contribution is 5.80. The zero-order valence-corrected chi connectivity index (χ0v) is 10.2. The SMILES string of the molecule is COC(=O)C(O)CNC(=O)Cc1ccc(F)c(F)c1. The molecule has 5 nitrogen and oxygen atoms in total. The molecule has 1 rings (SSSR count). The molecule has 2 N–H and O–H groups in total. The highest BCUT2D eigenvalue weighted by Crippen LogP contribution is 2.09. The van der Waals surface area contributed by atoms with Crippen LogP contribution in [0.15, 0.2) is 18.2 Å². The van der Waals surface area contributed by atoms with Crippen LogP contribution in [0.25, 0.3) is 0 Å². The maximum Gasteiger partial charge on any atom is 0.336 e. The molecule has 7 heteroatoms. The fourth-order valence-corrected chi connectivity index (χ4v) is 1.33. The summed E-state index contributed by atoms with van der Waals surface area (Å²) in [6, 6.07) is 3.10. The molecule has 0 aliphatic rings. The van der Waals surface area contributed by atoms with Gasteiger partial charge in [-0.1, -0.05) is 6.07 Å². The van der Waals surface area contributed by atoms with E-state index in [0.29, 0.717) is 0 Å². The minimum atomic E-state index is -1.46. The summed E-state index contributed by atoms with van der Waals surface area (Å²) in [6.07, 6.45) is -1.65. The quantitative estimate of drug-likeness (QED) is 0.749. The fraction of sp³-hybridized carbons (Fsp3) is 0.333. The molecule has 1 aromatic rings. The maximum atomic E-state index is 12.9. The second kappa shape index (κ2) is 6.79. The molecule has 1 unspecified atom stereocenters. The zero-order chi connectivity index (χ0) is 14.4. The highest BCUT2D eigenvalue weighted by atomic mass is 19.2. The average molecular weight is 273 g/mol. The molecule has 0 saturated carbocycles. The Kier molecular flexibility index (Phi) is 5.37. The number of methoxy groups -OCH3 is 1. The number of rotatable bonds is 5. The van der Waals surface area contributed by atoms with Gasteiger partial charge in [-0.05, 0) is 17.7 Å². The Morgan fingerprint density at radius 1 is 1.37 bits per heavy atom. The van der Waals surface area contributed by atoms with Gasteiger partial charge in [0.2, 0.25) is 5.91 Å². The first-order valence-corrected chi connectivity index (χ1v) is 5.40. The van der Waals surface area contributed by atoms with Crippen LogP contribution in [0.3, 0.4) is 0 Å². The number of ether oxygens (including phenoxy) is 1. The van der Waals surface area contributed by atoms with Gasteiger partial charge in [-0.3, -0.25) is 4.79 Å². The molecule has 0 aliphatic heterocycles. The third-order valence-corrected chi connectivity index (χ3v) is 2.31. The van der Waals surface area contributed by atoms with E-state index in [4.69, 9.17) is 0 Å². The lowest BCUT2D eigenvalue weighted by Gasteiger charge is -2.09. The van der Waals surface area contributed by atoms with Crippen LogP contribution in [0.4, 0.5) is 8.78 Å². The molecule has 0 fully saturated rings. The topological polar surface area (TPSA) is 75.6 Å². The van der Waals surface area contributed by atoms with Gasteiger partial charge in [-0.2, -0.15) is 0 Å². The number of benzene rings is 1. The number of hydrogen-bond donors (Lipinski definition) is 2. The Morgan fingerprint density at radius 2 is 2.05 bits per heavy atom. The van der Waals surface area contributed by atoms with Crippen molar-refractivity contribution in [1.29, 1.82) is 0 Å². The normalized spacial score (nSPS) is 11.8. The van der Waals surface area contributed by atoms with Crippen LogP contribution in [-0.2, 0) is 20.7 Å². The van der Waals surface area contributed by atoms with Crippen molar-refractivity contribution in [2.75, 3.05) is 13.7 Å². The van der Waals surface area contributed by atoms with Crippen molar-refractivity contribution in [2.24, 2.45) is 0 Å². The van der Waals surface area contributed by atoms with E-state index >= 15 is 0 Å². The zero-order valence-electron chi connectivity index (χ0n) is 10.2. The first-order valence-electron chi connectivity index (χ1n) is 5.40. The lowest BCUT2D eigenvalue weighted by molar-refractivity contribution is -0.150. The summed E-state index contributed by atoms with van der Waals surface area (Å²) in [5.74, 6) is -3.44. The van der Waals surface area contributed by atoms with Gasteiger partial charge in [0.15, 0.2) is 17.7 Å². The summed E-state index contributed by atoms with van der Waals surface area (Å²) in [5, 5.41) is 11.5. The minimum absolute atomic E-state index is 0.189. The van der Waals surface area contributed by atoms with Gasteiger partial charge in [0.25, 0.3) is 0 Å². The molecule has 0 aromatic heterocycles. The molecule has 1 amide bonds. The first-order chi connectivity index (χ1) is 8.93. The van der Waals surface area contributed by atoms with Crippen molar-refractivity contribution in [1.82, 2.24) is 5.32 Å². The molecule has 0 spiro atoms. The van der Waals surface area contributed by atoms with Gasteiger partial charge in [0.05, 0.1) is 20.1 Å². The summed E-state index contributed by atoms with van der Waals surface area (Å²) < 4.78 is 29.8. The molecule has 19 heavy (non-hydrogen) atoms. The van der Waals surface area contributed by atoms with Crippen molar-refractivity contribution in [2.45, 2.75) is 12.5 Å². The number of amides is 1. The molecule has 0 radical (unpaired) electrons. The number of hydrogen-bond acceptors (Lipinski definition) is 4. The number of aliphatic hydroxyl groups is 1. The third kappa shape index (κ3) is 4.63. The summed E-state index contributed by atoms with van der Waals surface area (Å²) >= 11 is 0. The maximum absolute atomic E-state index is 12.9. The van der Waals surface area contributed by atoms with Gasteiger partial charge in [-0.25, -0.2) is 13.6 Å². The van der Waals surface area contributed by atoms with Crippen molar-refractivity contribution in [3.05, 3.63) is 35.4 Å². The molecule has 0 saturated heterocycles. The van der Waals surface area contributed by atoms with E-state index in [1.54, 1.807) is 0 Å². The summed E-state index contributed by atoms with van der Waals surface area (Å²) in [4.78, 5) is 22.3. The third-order valence-electron chi connectivity index (χ3n) is 2.31. The molecule has 1 aromatic carbocycles. The number of nitrogens with one attached hydrogen (secondary N) is 1. The van der Waals surface area contributed by atoms with Crippen LogP contribution in [0, 0.1) is 11.6 Å². The lowest BCUT2D eigenvalue weighted by Crippen LogP contribution is -2.37. The molecule has 0 heterocycles. The van der Waals surface area contributed by atoms with Crippen molar-refractivity contribution >= 4 is 11.9 Å². The van der Waals surface area contributed by atoms with E-state index in [0.717, 1.165) is 19.2 Å². The van der Waals surface area contributed by atoms with Gasteiger partial charge in [-0.15, -0.1) is 0 Å². The second-order valence-corrected chi connectivity index (χ2v) is 3.77. The van der Waals surface area contributed by atoms with E-state index in [2.05, 4.69) is 10.1 Å². The number of esters is 1. The van der Waals surface area contributed by atoms with E-state index < -0.39 is 29.6 Å². The van der Waals surface area contributed by atoms with Crippen LogP contribution >= 0.6 is 0 Å². The van der Waals surface area contributed by atoms with Gasteiger partial charge < -0.3 is 15.2 Å². The van der Waals surface area contributed by atoms with E-state index in [1.165, 1.54) is 6.07 Å². The second-order valence-electron chi connectivity index (χ2n) is 3.77. The predicted molar refractivity (Wildman–Crippen MR) is 61.1 cm³/mol. The first kappa shape index (κ1) is 15.0. The Bertz CT molecular complexity index is 479. The largest absolute Gasteiger partial charge is 0.467 e. The smallest absolute Gasteiger partial charge is 0.336 e. The van der Waals surface area contributed by atoms with Crippen molar-refractivity contribution in [3.63, 3.8) is 0 Å². The van der Waals surface area contributed by atoms with Crippen molar-refractivity contribution in [3.8, 4) is 0 Å². The Hall–Kier alpha value is -2.02. The predicted octanol–water partition coefficient (Wildman–Crippen LogP) is 0.157. The van der Waals surface area contributed by atoms with Crippen molar-refractivity contribution < 1.29 is 28.2 Å². The molecule has 0 aliphatic carbocycles.